The third kappa shape index (κ3) is 2.72. The van der Waals surface area contributed by atoms with Crippen molar-refractivity contribution in [2.75, 3.05) is 13.1 Å². The minimum Gasteiger partial charge on any atom is -0.481 e. The average Bonchev–Trinajstić information content (AvgIpc) is 3.10. The van der Waals surface area contributed by atoms with E-state index in [2.05, 4.69) is 10.1 Å². The number of carboxylic acids is 1. The molecule has 1 N–H and O–H groups in total. The van der Waals surface area contributed by atoms with E-state index >= 15 is 0 Å². The summed E-state index contributed by atoms with van der Waals surface area (Å²) in [4.78, 5) is 13.0. The minimum absolute atomic E-state index is 0.258. The molecule has 1 aliphatic heterocycles. The maximum atomic E-state index is 10.9. The van der Waals surface area contributed by atoms with Crippen molar-refractivity contribution >= 4 is 5.97 Å². The van der Waals surface area contributed by atoms with E-state index in [1.54, 1.807) is 0 Å². The summed E-state index contributed by atoms with van der Waals surface area (Å²) in [5.41, 5.74) is 1.84. The molecule has 1 fully saturated rings. The first kappa shape index (κ1) is 12.9. The Labute approximate surface area is 116 Å². The van der Waals surface area contributed by atoms with Crippen molar-refractivity contribution in [2.45, 2.75) is 13.0 Å². The van der Waals surface area contributed by atoms with Crippen LogP contribution >= 0.6 is 0 Å². The van der Waals surface area contributed by atoms with Crippen LogP contribution in [0.4, 0.5) is 0 Å². The highest BCUT2D eigenvalue weighted by atomic mass is 16.5. The Morgan fingerprint density at radius 3 is 2.90 bits per heavy atom. The predicted molar refractivity (Wildman–Crippen MR) is 73.0 cm³/mol. The summed E-state index contributed by atoms with van der Waals surface area (Å²) in [6.45, 7) is 1.98. The summed E-state index contributed by atoms with van der Waals surface area (Å²) in [6.07, 6.45) is 0.703. The Kier molecular flexibility index (Phi) is 3.52. The number of hydrogen-bond acceptors (Lipinski definition) is 4. The van der Waals surface area contributed by atoms with Crippen LogP contribution in [0.3, 0.4) is 0 Å². The first-order chi connectivity index (χ1) is 9.72. The fourth-order valence-corrected chi connectivity index (χ4v) is 2.53. The summed E-state index contributed by atoms with van der Waals surface area (Å²) in [7, 11) is 0. The summed E-state index contributed by atoms with van der Waals surface area (Å²) >= 11 is 0. The highest BCUT2D eigenvalue weighted by Crippen LogP contribution is 2.22. The van der Waals surface area contributed by atoms with Gasteiger partial charge in [0.25, 0.3) is 0 Å². The molecule has 1 aromatic carbocycles. The van der Waals surface area contributed by atoms with Crippen LogP contribution in [0.25, 0.3) is 11.3 Å². The van der Waals surface area contributed by atoms with Crippen molar-refractivity contribution in [3.63, 3.8) is 0 Å². The molecule has 20 heavy (non-hydrogen) atoms. The molecule has 1 saturated heterocycles. The minimum atomic E-state index is -0.713. The number of carbonyl (C=O) groups is 1. The number of rotatable bonds is 4. The van der Waals surface area contributed by atoms with Crippen LogP contribution in [-0.4, -0.2) is 34.2 Å². The largest absolute Gasteiger partial charge is 0.481 e. The number of carboxylic acid groups (broad SMARTS) is 1. The molecule has 0 bridgehead atoms. The van der Waals surface area contributed by atoms with Gasteiger partial charge in [-0.3, -0.25) is 9.69 Å². The van der Waals surface area contributed by atoms with Crippen LogP contribution < -0.4 is 0 Å². The van der Waals surface area contributed by atoms with Gasteiger partial charge in [0.05, 0.1) is 12.5 Å². The van der Waals surface area contributed by atoms with Gasteiger partial charge < -0.3 is 9.63 Å². The van der Waals surface area contributed by atoms with E-state index in [1.807, 2.05) is 36.4 Å². The van der Waals surface area contributed by atoms with Crippen LogP contribution in [0.2, 0.25) is 0 Å². The summed E-state index contributed by atoms with van der Waals surface area (Å²) < 4.78 is 5.34. The van der Waals surface area contributed by atoms with Crippen LogP contribution in [0, 0.1) is 5.92 Å². The van der Waals surface area contributed by atoms with Crippen LogP contribution in [0.1, 0.15) is 12.2 Å². The molecule has 0 radical (unpaired) electrons. The molecule has 0 spiro atoms. The van der Waals surface area contributed by atoms with E-state index in [9.17, 15) is 4.79 Å². The number of aromatic nitrogens is 1. The zero-order valence-corrected chi connectivity index (χ0v) is 11.0. The summed E-state index contributed by atoms with van der Waals surface area (Å²) in [5.74, 6) is -0.198. The van der Waals surface area contributed by atoms with E-state index in [0.717, 1.165) is 23.6 Å². The van der Waals surface area contributed by atoms with Crippen LogP contribution in [0.15, 0.2) is 40.9 Å². The molecule has 1 aliphatic rings. The molecular weight excluding hydrogens is 256 g/mol. The van der Waals surface area contributed by atoms with Gasteiger partial charge in [0.2, 0.25) is 0 Å². The van der Waals surface area contributed by atoms with Gasteiger partial charge in [0, 0.05) is 18.2 Å². The predicted octanol–water partition coefficient (Wildman–Crippen LogP) is 2.25. The van der Waals surface area contributed by atoms with Gasteiger partial charge in [-0.05, 0) is 13.0 Å². The smallest absolute Gasteiger partial charge is 0.307 e. The highest BCUT2D eigenvalue weighted by molar-refractivity contribution is 5.70. The Hall–Kier alpha value is -2.14. The Morgan fingerprint density at radius 2 is 2.20 bits per heavy atom. The van der Waals surface area contributed by atoms with Gasteiger partial charge in [0.1, 0.15) is 5.69 Å². The lowest BCUT2D eigenvalue weighted by Crippen LogP contribution is -2.22. The first-order valence-electron chi connectivity index (χ1n) is 6.68. The molecule has 3 rings (SSSR count). The van der Waals surface area contributed by atoms with E-state index < -0.39 is 5.97 Å². The molecular formula is C15H16N2O3. The fraction of sp³-hybridized carbons (Fsp3) is 0.333. The van der Waals surface area contributed by atoms with Crippen molar-refractivity contribution in [1.29, 1.82) is 0 Å². The molecule has 1 aromatic heterocycles. The number of hydrogen-bond donors (Lipinski definition) is 1. The third-order valence-electron chi connectivity index (χ3n) is 3.63. The van der Waals surface area contributed by atoms with Gasteiger partial charge >= 0.3 is 5.97 Å². The maximum Gasteiger partial charge on any atom is 0.307 e. The lowest BCUT2D eigenvalue weighted by molar-refractivity contribution is -0.141. The van der Waals surface area contributed by atoms with Crippen LogP contribution in [0.5, 0.6) is 0 Å². The molecule has 2 heterocycles. The molecule has 0 saturated carbocycles. The van der Waals surface area contributed by atoms with Crippen molar-refractivity contribution in [3.05, 3.63) is 42.2 Å². The summed E-state index contributed by atoms with van der Waals surface area (Å²) in [5, 5.41) is 13.1. The van der Waals surface area contributed by atoms with Gasteiger partial charge in [-0.25, -0.2) is 0 Å². The zero-order chi connectivity index (χ0) is 13.9. The van der Waals surface area contributed by atoms with E-state index in [1.165, 1.54) is 0 Å². The number of aliphatic carboxylic acids is 1. The highest BCUT2D eigenvalue weighted by Gasteiger charge is 2.28. The Balaban J connectivity index is 1.65. The summed E-state index contributed by atoms with van der Waals surface area (Å²) in [6, 6.07) is 11.8. The second-order valence-corrected chi connectivity index (χ2v) is 5.10. The third-order valence-corrected chi connectivity index (χ3v) is 3.63. The van der Waals surface area contributed by atoms with Crippen molar-refractivity contribution < 1.29 is 14.4 Å². The molecule has 0 aliphatic carbocycles. The Morgan fingerprint density at radius 1 is 1.40 bits per heavy atom. The fourth-order valence-electron chi connectivity index (χ4n) is 2.53. The Bertz CT molecular complexity index is 594. The first-order valence-corrected chi connectivity index (χ1v) is 6.68. The van der Waals surface area contributed by atoms with Crippen molar-refractivity contribution in [3.8, 4) is 11.3 Å². The molecule has 2 aromatic rings. The van der Waals surface area contributed by atoms with Crippen molar-refractivity contribution in [2.24, 2.45) is 5.92 Å². The molecule has 5 heteroatoms. The standard InChI is InChI=1S/C15H16N2O3/c18-15(19)12-6-7-17(9-12)10-13-8-14(16-20-13)11-4-2-1-3-5-11/h1-5,8,12H,6-7,9-10H2,(H,18,19)/t12-/m1/s1. The maximum absolute atomic E-state index is 10.9. The van der Waals surface area contributed by atoms with E-state index in [4.69, 9.17) is 9.63 Å². The van der Waals surface area contributed by atoms with E-state index in [0.29, 0.717) is 19.5 Å². The monoisotopic (exact) mass is 272 g/mol. The number of nitrogens with zero attached hydrogens (tertiary/aromatic N) is 2. The van der Waals surface area contributed by atoms with Crippen LogP contribution in [-0.2, 0) is 11.3 Å². The molecule has 0 unspecified atom stereocenters. The SMILES string of the molecule is O=C(O)[C@@H]1CCN(Cc2cc(-c3ccccc3)no2)C1. The van der Waals surface area contributed by atoms with Gasteiger partial charge in [0.15, 0.2) is 5.76 Å². The number of benzene rings is 1. The average molecular weight is 272 g/mol. The molecule has 0 amide bonds. The lowest BCUT2D eigenvalue weighted by Gasteiger charge is -2.11. The second kappa shape index (κ2) is 5.46. The quantitative estimate of drug-likeness (QED) is 0.924. The van der Waals surface area contributed by atoms with Gasteiger partial charge in [-0.1, -0.05) is 35.5 Å². The number of likely N-dealkylation sites (tertiary alicyclic amines) is 1. The van der Waals surface area contributed by atoms with Gasteiger partial charge in [-0.2, -0.15) is 0 Å². The lowest BCUT2D eigenvalue weighted by atomic mass is 10.1. The molecule has 1 atom stereocenters. The topological polar surface area (TPSA) is 66.6 Å². The molecule has 104 valence electrons. The zero-order valence-electron chi connectivity index (χ0n) is 11.0. The normalized spacial score (nSPS) is 19.3. The van der Waals surface area contributed by atoms with E-state index in [-0.39, 0.29) is 5.92 Å². The van der Waals surface area contributed by atoms with Crippen molar-refractivity contribution in [1.82, 2.24) is 10.1 Å². The second-order valence-electron chi connectivity index (χ2n) is 5.10. The molecule has 5 nitrogen and oxygen atoms in total. The van der Waals surface area contributed by atoms with Gasteiger partial charge in [-0.15, -0.1) is 0 Å².